The van der Waals surface area contributed by atoms with Crippen LogP contribution in [0.3, 0.4) is 0 Å². The molecule has 0 saturated heterocycles. The highest BCUT2D eigenvalue weighted by Gasteiger charge is 2.19. The molecule has 0 fully saturated rings. The fourth-order valence-corrected chi connectivity index (χ4v) is 2.06. The zero-order valence-corrected chi connectivity index (χ0v) is 11.3. The van der Waals surface area contributed by atoms with E-state index in [2.05, 4.69) is 15.3 Å². The van der Waals surface area contributed by atoms with E-state index in [1.165, 1.54) is 6.33 Å². The molecule has 20 heavy (non-hydrogen) atoms. The lowest BCUT2D eigenvalue weighted by molar-refractivity contribution is 0.447. The normalized spacial score (nSPS) is 10.9. The highest BCUT2D eigenvalue weighted by molar-refractivity contribution is 5.69. The standard InChI is InChI=1S/C14H14F3N3/c1-7(2)11-13(19-6-20-14(11)18-3)8-4-9(15)12(17)10(16)5-8/h4-7H,1-3H3,(H,18,19,20). The van der Waals surface area contributed by atoms with E-state index in [4.69, 9.17) is 0 Å². The van der Waals surface area contributed by atoms with Gasteiger partial charge >= 0.3 is 0 Å². The predicted octanol–water partition coefficient (Wildman–Crippen LogP) is 3.73. The number of halogens is 3. The molecule has 6 heteroatoms. The Labute approximate surface area is 114 Å². The maximum absolute atomic E-state index is 13.4. The van der Waals surface area contributed by atoms with E-state index in [0.717, 1.165) is 17.7 Å². The Hall–Kier alpha value is -2.11. The minimum Gasteiger partial charge on any atom is -0.373 e. The molecule has 106 valence electrons. The molecule has 0 aliphatic rings. The highest BCUT2D eigenvalue weighted by Crippen LogP contribution is 2.32. The van der Waals surface area contributed by atoms with E-state index >= 15 is 0 Å². The van der Waals surface area contributed by atoms with Gasteiger partial charge in [0.15, 0.2) is 17.5 Å². The number of aromatic nitrogens is 2. The summed E-state index contributed by atoms with van der Waals surface area (Å²) in [6.45, 7) is 3.83. The van der Waals surface area contributed by atoms with Gasteiger partial charge in [-0.1, -0.05) is 13.8 Å². The molecule has 0 aliphatic heterocycles. The van der Waals surface area contributed by atoms with Gasteiger partial charge in [0.25, 0.3) is 0 Å². The zero-order chi connectivity index (χ0) is 14.9. The number of benzene rings is 1. The van der Waals surface area contributed by atoms with Crippen LogP contribution in [0.1, 0.15) is 25.3 Å². The summed E-state index contributed by atoms with van der Waals surface area (Å²) in [5, 5.41) is 2.91. The Balaban J connectivity index is 2.70. The van der Waals surface area contributed by atoms with E-state index in [1.54, 1.807) is 7.05 Å². The van der Waals surface area contributed by atoms with Crippen molar-refractivity contribution in [3.63, 3.8) is 0 Å². The third kappa shape index (κ3) is 2.45. The van der Waals surface area contributed by atoms with Crippen LogP contribution < -0.4 is 5.32 Å². The van der Waals surface area contributed by atoms with Crippen molar-refractivity contribution in [2.45, 2.75) is 19.8 Å². The van der Waals surface area contributed by atoms with Crippen molar-refractivity contribution >= 4 is 5.82 Å². The Morgan fingerprint density at radius 3 is 2.15 bits per heavy atom. The molecule has 1 heterocycles. The van der Waals surface area contributed by atoms with Crippen molar-refractivity contribution in [3.05, 3.63) is 41.5 Å². The van der Waals surface area contributed by atoms with Gasteiger partial charge < -0.3 is 5.32 Å². The second-order valence-electron chi connectivity index (χ2n) is 4.64. The lowest BCUT2D eigenvalue weighted by Gasteiger charge is -2.15. The van der Waals surface area contributed by atoms with Crippen LogP contribution in [0.2, 0.25) is 0 Å². The molecule has 1 N–H and O–H groups in total. The molecule has 0 radical (unpaired) electrons. The third-order valence-corrected chi connectivity index (χ3v) is 2.96. The smallest absolute Gasteiger partial charge is 0.194 e. The summed E-state index contributed by atoms with van der Waals surface area (Å²) in [7, 11) is 1.70. The van der Waals surface area contributed by atoms with Gasteiger partial charge in [0.05, 0.1) is 5.69 Å². The van der Waals surface area contributed by atoms with Crippen LogP contribution in [0.25, 0.3) is 11.3 Å². The molecular weight excluding hydrogens is 267 g/mol. The van der Waals surface area contributed by atoms with Crippen LogP contribution in [0.15, 0.2) is 18.5 Å². The van der Waals surface area contributed by atoms with Gasteiger partial charge in [0, 0.05) is 18.2 Å². The Morgan fingerprint density at radius 1 is 1.05 bits per heavy atom. The first kappa shape index (κ1) is 14.3. The Morgan fingerprint density at radius 2 is 1.65 bits per heavy atom. The molecule has 1 aromatic heterocycles. The second-order valence-corrected chi connectivity index (χ2v) is 4.64. The fraction of sp³-hybridized carbons (Fsp3) is 0.286. The van der Waals surface area contributed by atoms with Crippen molar-refractivity contribution in [1.29, 1.82) is 0 Å². The lowest BCUT2D eigenvalue weighted by atomic mass is 9.97. The first-order chi connectivity index (χ1) is 9.45. The van der Waals surface area contributed by atoms with Crippen molar-refractivity contribution in [1.82, 2.24) is 9.97 Å². The number of rotatable bonds is 3. The van der Waals surface area contributed by atoms with Crippen LogP contribution >= 0.6 is 0 Å². The second kappa shape index (κ2) is 5.48. The van der Waals surface area contributed by atoms with Crippen LogP contribution in [-0.2, 0) is 0 Å². The van der Waals surface area contributed by atoms with Gasteiger partial charge in [-0.25, -0.2) is 23.1 Å². The highest BCUT2D eigenvalue weighted by atomic mass is 19.2. The summed E-state index contributed by atoms with van der Waals surface area (Å²) < 4.78 is 39.8. The molecule has 3 nitrogen and oxygen atoms in total. The molecule has 0 aliphatic carbocycles. The number of hydrogen-bond donors (Lipinski definition) is 1. The molecule has 0 amide bonds. The van der Waals surface area contributed by atoms with Crippen LogP contribution in [0, 0.1) is 17.5 Å². The molecular formula is C14H14F3N3. The summed E-state index contributed by atoms with van der Waals surface area (Å²) in [6, 6.07) is 1.87. The molecule has 0 spiro atoms. The number of nitrogens with one attached hydrogen (secondary N) is 1. The van der Waals surface area contributed by atoms with Crippen LogP contribution in [0.4, 0.5) is 19.0 Å². The van der Waals surface area contributed by atoms with Gasteiger partial charge in [-0.3, -0.25) is 0 Å². The molecule has 0 saturated carbocycles. The third-order valence-electron chi connectivity index (χ3n) is 2.96. The molecule has 0 bridgehead atoms. The summed E-state index contributed by atoms with van der Waals surface area (Å²) >= 11 is 0. The average molecular weight is 281 g/mol. The lowest BCUT2D eigenvalue weighted by Crippen LogP contribution is -2.05. The van der Waals surface area contributed by atoms with E-state index in [1.807, 2.05) is 13.8 Å². The Bertz CT molecular complexity index is 619. The minimum atomic E-state index is -1.48. The van der Waals surface area contributed by atoms with Crippen molar-refractivity contribution < 1.29 is 13.2 Å². The monoisotopic (exact) mass is 281 g/mol. The number of anilines is 1. The first-order valence-electron chi connectivity index (χ1n) is 6.13. The van der Waals surface area contributed by atoms with E-state index in [9.17, 15) is 13.2 Å². The predicted molar refractivity (Wildman–Crippen MR) is 71.0 cm³/mol. The fourth-order valence-electron chi connectivity index (χ4n) is 2.06. The van der Waals surface area contributed by atoms with Crippen molar-refractivity contribution in [2.24, 2.45) is 0 Å². The van der Waals surface area contributed by atoms with Gasteiger partial charge in [0.1, 0.15) is 12.1 Å². The molecule has 2 rings (SSSR count). The average Bonchev–Trinajstić information content (AvgIpc) is 2.43. The number of hydrogen-bond acceptors (Lipinski definition) is 3. The minimum absolute atomic E-state index is 0.0322. The van der Waals surface area contributed by atoms with Crippen LogP contribution in [0.5, 0.6) is 0 Å². The summed E-state index contributed by atoms with van der Waals surface area (Å²) in [4.78, 5) is 8.17. The quantitative estimate of drug-likeness (QED) is 0.871. The van der Waals surface area contributed by atoms with Crippen molar-refractivity contribution in [2.75, 3.05) is 12.4 Å². The van der Waals surface area contributed by atoms with Gasteiger partial charge in [-0.05, 0) is 18.1 Å². The molecule has 0 unspecified atom stereocenters. The first-order valence-corrected chi connectivity index (χ1v) is 6.13. The van der Waals surface area contributed by atoms with Crippen molar-refractivity contribution in [3.8, 4) is 11.3 Å². The topological polar surface area (TPSA) is 37.8 Å². The SMILES string of the molecule is CNc1ncnc(-c2cc(F)c(F)c(F)c2)c1C(C)C. The van der Waals surface area contributed by atoms with E-state index in [-0.39, 0.29) is 11.5 Å². The van der Waals surface area contributed by atoms with Gasteiger partial charge in [-0.15, -0.1) is 0 Å². The molecule has 1 aromatic carbocycles. The van der Waals surface area contributed by atoms with Gasteiger partial charge in [0.2, 0.25) is 0 Å². The molecule has 2 aromatic rings. The van der Waals surface area contributed by atoms with E-state index < -0.39 is 17.5 Å². The summed E-state index contributed by atoms with van der Waals surface area (Å²) in [5.41, 5.74) is 1.29. The zero-order valence-electron chi connectivity index (χ0n) is 11.3. The van der Waals surface area contributed by atoms with Crippen LogP contribution in [-0.4, -0.2) is 17.0 Å². The maximum Gasteiger partial charge on any atom is 0.194 e. The van der Waals surface area contributed by atoms with Gasteiger partial charge in [-0.2, -0.15) is 0 Å². The number of nitrogens with zero attached hydrogens (tertiary/aromatic N) is 2. The Kier molecular flexibility index (Phi) is 3.92. The van der Waals surface area contributed by atoms with E-state index in [0.29, 0.717) is 11.5 Å². The maximum atomic E-state index is 13.4. The molecule has 0 atom stereocenters. The summed E-state index contributed by atoms with van der Waals surface area (Å²) in [5.74, 6) is -3.35. The largest absolute Gasteiger partial charge is 0.373 e. The summed E-state index contributed by atoms with van der Waals surface area (Å²) in [6.07, 6.45) is 1.30.